The van der Waals surface area contributed by atoms with Crippen molar-refractivity contribution in [2.45, 2.75) is 84.8 Å². The van der Waals surface area contributed by atoms with E-state index in [-0.39, 0.29) is 5.04 Å². The summed E-state index contributed by atoms with van der Waals surface area (Å²) in [6.07, 6.45) is -1.96. The molecule has 0 saturated carbocycles. The Morgan fingerprint density at radius 1 is 0.892 bits per heavy atom. The molecule has 1 amide bonds. The number of amides is 1. The summed E-state index contributed by atoms with van der Waals surface area (Å²) in [4.78, 5) is 24.5. The Kier molecular flexibility index (Phi) is 10.9. The highest BCUT2D eigenvalue weighted by Crippen LogP contribution is 2.37. The second-order valence-corrected chi connectivity index (χ2v) is 15.3. The molecule has 0 bridgehead atoms. The number of rotatable bonds is 11. The maximum Gasteiger partial charge on any atom is 0.409 e. The van der Waals surface area contributed by atoms with Crippen molar-refractivity contribution in [1.29, 1.82) is 0 Å². The lowest BCUT2D eigenvalue weighted by molar-refractivity contribution is -0.158. The van der Waals surface area contributed by atoms with E-state index in [4.69, 9.17) is 18.6 Å². The first kappa shape index (κ1) is 30.5. The second kappa shape index (κ2) is 13.2. The Hall–Kier alpha value is -2.68. The first-order valence-electron chi connectivity index (χ1n) is 12.8. The van der Waals surface area contributed by atoms with E-state index in [0.717, 1.165) is 10.4 Å². The number of ether oxygens (including phenoxy) is 3. The van der Waals surface area contributed by atoms with Crippen LogP contribution in [0.1, 0.15) is 61.8 Å². The number of carbonyl (C=O) groups is 2. The van der Waals surface area contributed by atoms with Gasteiger partial charge in [0.2, 0.25) is 0 Å². The van der Waals surface area contributed by atoms with Crippen LogP contribution in [0.5, 0.6) is 0 Å². The third kappa shape index (κ3) is 8.69. The van der Waals surface area contributed by atoms with E-state index in [0.29, 0.717) is 19.6 Å². The summed E-state index contributed by atoms with van der Waals surface area (Å²) in [6, 6.07) is 20.6. The van der Waals surface area contributed by atoms with Gasteiger partial charge in [0.25, 0.3) is 8.32 Å². The summed E-state index contributed by atoms with van der Waals surface area (Å²) < 4.78 is 23.7. The van der Waals surface area contributed by atoms with Crippen LogP contribution in [0.25, 0.3) is 0 Å². The van der Waals surface area contributed by atoms with Gasteiger partial charge in [-0.2, -0.15) is 0 Å². The summed E-state index contributed by atoms with van der Waals surface area (Å²) in [5.74, 6) is -0.467. The Labute approximate surface area is 223 Å². The number of esters is 1. The minimum absolute atomic E-state index is 0.194. The van der Waals surface area contributed by atoms with E-state index in [2.05, 4.69) is 50.4 Å². The van der Waals surface area contributed by atoms with Crippen molar-refractivity contribution in [3.63, 3.8) is 0 Å². The molecule has 2 aromatic rings. The summed E-state index contributed by atoms with van der Waals surface area (Å²) in [5.41, 5.74) is -0.676. The molecule has 0 aliphatic rings. The van der Waals surface area contributed by atoms with Gasteiger partial charge in [0.1, 0.15) is 11.7 Å². The molecule has 2 atom stereocenters. The highest BCUT2D eigenvalue weighted by atomic mass is 28.4. The number of nitrogens with one attached hydrogen (secondary N) is 1. The number of hydrogen-bond acceptors (Lipinski definition) is 6. The number of carbonyl (C=O) groups excluding carboxylic acids is 2. The highest BCUT2D eigenvalue weighted by Gasteiger charge is 2.50. The van der Waals surface area contributed by atoms with Crippen LogP contribution < -0.4 is 15.7 Å². The fraction of sp³-hybridized carbons (Fsp3) is 0.517. The lowest BCUT2D eigenvalue weighted by Gasteiger charge is -2.43. The van der Waals surface area contributed by atoms with Crippen molar-refractivity contribution in [3.05, 3.63) is 60.7 Å². The van der Waals surface area contributed by atoms with Crippen LogP contribution in [0.3, 0.4) is 0 Å². The molecule has 0 aliphatic heterocycles. The molecule has 0 spiro atoms. The van der Waals surface area contributed by atoms with Crippen LogP contribution >= 0.6 is 0 Å². The summed E-state index contributed by atoms with van der Waals surface area (Å²) in [7, 11) is -2.77. The third-order valence-corrected chi connectivity index (χ3v) is 10.8. The van der Waals surface area contributed by atoms with Crippen molar-refractivity contribution in [2.24, 2.45) is 0 Å². The highest BCUT2D eigenvalue weighted by molar-refractivity contribution is 6.99. The molecule has 204 valence electrons. The van der Waals surface area contributed by atoms with Gasteiger partial charge in [-0.3, -0.25) is 10.1 Å². The number of benzene rings is 2. The zero-order valence-electron chi connectivity index (χ0n) is 23.5. The quantitative estimate of drug-likeness (QED) is 0.256. The molecule has 0 saturated heterocycles. The maximum atomic E-state index is 12.5. The fourth-order valence-corrected chi connectivity index (χ4v) is 9.00. The predicted molar refractivity (Wildman–Crippen MR) is 149 cm³/mol. The Balaban J connectivity index is 2.36. The molecule has 0 aliphatic carbocycles. The van der Waals surface area contributed by atoms with Crippen molar-refractivity contribution in [1.82, 2.24) is 5.32 Å². The lowest BCUT2D eigenvalue weighted by atomic mass is 10.2. The zero-order valence-corrected chi connectivity index (χ0v) is 24.5. The molecule has 2 aromatic carbocycles. The van der Waals surface area contributed by atoms with Crippen molar-refractivity contribution in [2.75, 3.05) is 13.2 Å². The topological polar surface area (TPSA) is 83.1 Å². The maximum absolute atomic E-state index is 12.5. The van der Waals surface area contributed by atoms with Crippen LogP contribution in [0.4, 0.5) is 4.79 Å². The van der Waals surface area contributed by atoms with Crippen LogP contribution in [0.2, 0.25) is 5.04 Å². The van der Waals surface area contributed by atoms with Gasteiger partial charge < -0.3 is 18.6 Å². The van der Waals surface area contributed by atoms with Crippen molar-refractivity contribution < 1.29 is 28.2 Å². The average Bonchev–Trinajstić information content (AvgIpc) is 2.80. The molecule has 7 nitrogen and oxygen atoms in total. The minimum atomic E-state index is -2.77. The molecule has 0 aromatic heterocycles. The van der Waals surface area contributed by atoms with E-state index in [1.807, 2.05) is 43.3 Å². The number of hydrogen-bond donors (Lipinski definition) is 1. The first-order chi connectivity index (χ1) is 17.3. The molecule has 8 heteroatoms. The Morgan fingerprint density at radius 3 is 1.81 bits per heavy atom. The fourth-order valence-electron chi connectivity index (χ4n) is 4.42. The normalized spacial score (nSPS) is 13.9. The standard InChI is InChI=1S/C29H43NO6Si/c1-9-33-26(30-27(32)36-28(3,4)5)25(35-22(2)31)20-21-34-37(29(6,7)8,23-16-12-10-13-17-23)24-18-14-11-15-19-24/h10-19,25-26H,9,20-21H2,1-8H3,(H,30,32). The average molecular weight is 530 g/mol. The van der Waals surface area contributed by atoms with Gasteiger partial charge in [-0.1, -0.05) is 81.4 Å². The SMILES string of the molecule is CCOC(NC(=O)OC(C)(C)C)C(CCO[Si](c1ccccc1)(c1ccccc1)C(C)(C)C)OC(C)=O. The van der Waals surface area contributed by atoms with Crippen LogP contribution in [-0.4, -0.2) is 51.5 Å². The Morgan fingerprint density at radius 2 is 1.41 bits per heavy atom. The monoisotopic (exact) mass is 529 g/mol. The molecule has 1 N–H and O–H groups in total. The summed E-state index contributed by atoms with van der Waals surface area (Å²) in [6.45, 7) is 15.7. The van der Waals surface area contributed by atoms with E-state index in [9.17, 15) is 9.59 Å². The lowest BCUT2D eigenvalue weighted by Crippen LogP contribution is -2.66. The van der Waals surface area contributed by atoms with E-state index < -0.39 is 38.3 Å². The van der Waals surface area contributed by atoms with Crippen molar-refractivity contribution >= 4 is 30.8 Å². The van der Waals surface area contributed by atoms with E-state index in [1.54, 1.807) is 20.8 Å². The molecule has 0 radical (unpaired) electrons. The van der Waals surface area contributed by atoms with Gasteiger partial charge in [0.15, 0.2) is 6.23 Å². The largest absolute Gasteiger partial charge is 0.458 e. The molecule has 2 rings (SSSR count). The van der Waals surface area contributed by atoms with Crippen LogP contribution in [0, 0.1) is 0 Å². The molecular formula is C29H43NO6Si. The van der Waals surface area contributed by atoms with E-state index in [1.165, 1.54) is 6.92 Å². The smallest absolute Gasteiger partial charge is 0.409 e. The molecule has 0 heterocycles. The molecule has 0 fully saturated rings. The van der Waals surface area contributed by atoms with Gasteiger partial charge in [-0.05, 0) is 43.1 Å². The van der Waals surface area contributed by atoms with Gasteiger partial charge in [0.05, 0.1) is 0 Å². The molecule has 37 heavy (non-hydrogen) atoms. The molecular weight excluding hydrogens is 486 g/mol. The number of alkyl carbamates (subject to hydrolysis) is 1. The zero-order chi connectivity index (χ0) is 27.7. The molecule has 2 unspecified atom stereocenters. The Bertz CT molecular complexity index is 945. The first-order valence-corrected chi connectivity index (χ1v) is 14.7. The van der Waals surface area contributed by atoms with Gasteiger partial charge in [-0.25, -0.2) is 4.79 Å². The van der Waals surface area contributed by atoms with Gasteiger partial charge in [0, 0.05) is 26.6 Å². The summed E-state index contributed by atoms with van der Waals surface area (Å²) >= 11 is 0. The summed E-state index contributed by atoms with van der Waals surface area (Å²) in [5, 5.41) is 4.84. The van der Waals surface area contributed by atoms with Gasteiger partial charge in [-0.15, -0.1) is 0 Å². The van der Waals surface area contributed by atoms with E-state index >= 15 is 0 Å². The van der Waals surface area contributed by atoms with Crippen LogP contribution in [0.15, 0.2) is 60.7 Å². The predicted octanol–water partition coefficient (Wildman–Crippen LogP) is 4.77. The minimum Gasteiger partial charge on any atom is -0.458 e. The third-order valence-electron chi connectivity index (χ3n) is 5.80. The second-order valence-electron chi connectivity index (χ2n) is 11.0. The van der Waals surface area contributed by atoms with Gasteiger partial charge >= 0.3 is 12.1 Å². The van der Waals surface area contributed by atoms with Crippen molar-refractivity contribution in [3.8, 4) is 0 Å². The van der Waals surface area contributed by atoms with Crippen LogP contribution in [-0.2, 0) is 23.4 Å².